The minimum atomic E-state index is -4.24. The molecule has 2 aromatic carbocycles. The summed E-state index contributed by atoms with van der Waals surface area (Å²) in [5.74, 6) is -0.337. The first-order valence-corrected chi connectivity index (χ1v) is 8.98. The topological polar surface area (TPSA) is 133 Å². The lowest BCUT2D eigenvalue weighted by Gasteiger charge is -2.23. The van der Waals surface area contributed by atoms with Crippen molar-refractivity contribution in [1.29, 1.82) is 0 Å². The molecule has 0 spiro atoms. The fourth-order valence-corrected chi connectivity index (χ4v) is 3.69. The van der Waals surface area contributed by atoms with Crippen molar-refractivity contribution in [2.75, 3.05) is 17.5 Å². The predicted octanol–water partition coefficient (Wildman–Crippen LogP) is 1.67. The zero-order chi connectivity index (χ0) is 19.3. The maximum Gasteiger partial charge on any atom is 0.270 e. The van der Waals surface area contributed by atoms with Gasteiger partial charge in [0, 0.05) is 12.1 Å². The largest absolute Gasteiger partial charge is 0.494 e. The quantitative estimate of drug-likeness (QED) is 0.548. The van der Waals surface area contributed by atoms with Crippen molar-refractivity contribution in [3.63, 3.8) is 0 Å². The van der Waals surface area contributed by atoms with Gasteiger partial charge in [0.2, 0.25) is 5.91 Å². The fraction of sp³-hybridized carbons (Fsp3) is 0.188. The van der Waals surface area contributed by atoms with Crippen LogP contribution in [0.4, 0.5) is 11.4 Å². The summed E-state index contributed by atoms with van der Waals surface area (Å²) < 4.78 is 31.9. The van der Waals surface area contributed by atoms with Crippen LogP contribution in [0.1, 0.15) is 6.92 Å². The van der Waals surface area contributed by atoms with E-state index in [0.29, 0.717) is 12.4 Å². The van der Waals surface area contributed by atoms with E-state index in [-0.39, 0.29) is 16.3 Å². The molecule has 0 saturated heterocycles. The Hall–Kier alpha value is -3.14. The number of primary amides is 1. The average Bonchev–Trinajstić information content (AvgIpc) is 2.60. The Morgan fingerprint density at radius 3 is 2.42 bits per heavy atom. The van der Waals surface area contributed by atoms with Crippen molar-refractivity contribution in [2.45, 2.75) is 11.8 Å². The van der Waals surface area contributed by atoms with Gasteiger partial charge in [-0.15, -0.1) is 0 Å². The third kappa shape index (κ3) is 4.28. The van der Waals surface area contributed by atoms with Crippen LogP contribution < -0.4 is 14.8 Å². The van der Waals surface area contributed by atoms with E-state index in [9.17, 15) is 23.3 Å². The number of ether oxygens (including phenoxy) is 1. The van der Waals surface area contributed by atoms with E-state index in [4.69, 9.17) is 10.5 Å². The average molecular weight is 379 g/mol. The molecule has 0 unspecified atom stereocenters. The van der Waals surface area contributed by atoms with Gasteiger partial charge in [-0.2, -0.15) is 0 Å². The minimum Gasteiger partial charge on any atom is -0.494 e. The molecule has 26 heavy (non-hydrogen) atoms. The van der Waals surface area contributed by atoms with Crippen LogP contribution in [0.15, 0.2) is 53.4 Å². The number of carbonyl (C=O) groups excluding carboxylic acids is 1. The summed E-state index contributed by atoms with van der Waals surface area (Å²) in [6.45, 7) is 1.63. The Balaban J connectivity index is 2.49. The first-order valence-electron chi connectivity index (χ1n) is 7.54. The number of nitro benzene ring substituents is 1. The van der Waals surface area contributed by atoms with Crippen molar-refractivity contribution in [1.82, 2.24) is 0 Å². The zero-order valence-corrected chi connectivity index (χ0v) is 14.7. The maximum absolute atomic E-state index is 12.9. The molecule has 138 valence electrons. The highest BCUT2D eigenvalue weighted by Gasteiger charge is 2.28. The Kier molecular flexibility index (Phi) is 5.78. The third-order valence-corrected chi connectivity index (χ3v) is 5.12. The molecule has 2 rings (SSSR count). The Morgan fingerprint density at radius 2 is 1.88 bits per heavy atom. The van der Waals surface area contributed by atoms with Crippen LogP contribution in [0, 0.1) is 10.1 Å². The molecule has 0 atom stereocenters. The smallest absolute Gasteiger partial charge is 0.270 e. The molecular formula is C16H17N3O6S. The molecular weight excluding hydrogens is 362 g/mol. The standard InChI is InChI=1S/C16H17N3O6S/c1-2-25-14-8-6-12(7-9-14)18(11-16(17)20)26(23,24)15-5-3-4-13(10-15)19(21)22/h3-10H,2,11H2,1H3,(H2,17,20). The van der Waals surface area contributed by atoms with E-state index in [1.165, 1.54) is 30.3 Å². The molecule has 0 fully saturated rings. The number of hydrogen-bond donors (Lipinski definition) is 1. The molecule has 2 aromatic rings. The number of rotatable bonds is 8. The SMILES string of the molecule is CCOc1ccc(N(CC(N)=O)S(=O)(=O)c2cccc([N+](=O)[O-])c2)cc1. The second-order valence-corrected chi connectivity index (χ2v) is 7.02. The minimum absolute atomic E-state index is 0.179. The van der Waals surface area contributed by atoms with Crippen LogP contribution in [-0.4, -0.2) is 32.4 Å². The van der Waals surface area contributed by atoms with Crippen LogP contribution in [-0.2, 0) is 14.8 Å². The van der Waals surface area contributed by atoms with E-state index in [2.05, 4.69) is 0 Å². The summed E-state index contributed by atoms with van der Waals surface area (Å²) in [4.78, 5) is 21.3. The van der Waals surface area contributed by atoms with Gasteiger partial charge in [-0.25, -0.2) is 8.42 Å². The highest BCUT2D eigenvalue weighted by molar-refractivity contribution is 7.92. The van der Waals surface area contributed by atoms with Crippen LogP contribution in [0.5, 0.6) is 5.75 Å². The Labute approximate surface area is 150 Å². The van der Waals surface area contributed by atoms with Crippen molar-refractivity contribution in [3.05, 3.63) is 58.6 Å². The van der Waals surface area contributed by atoms with Gasteiger partial charge in [0.1, 0.15) is 12.3 Å². The number of nitrogens with zero attached hydrogens (tertiary/aromatic N) is 2. The maximum atomic E-state index is 12.9. The van der Waals surface area contributed by atoms with E-state index >= 15 is 0 Å². The van der Waals surface area contributed by atoms with Gasteiger partial charge in [0.15, 0.2) is 0 Å². The van der Waals surface area contributed by atoms with E-state index < -0.39 is 27.4 Å². The van der Waals surface area contributed by atoms with Crippen LogP contribution in [0.3, 0.4) is 0 Å². The number of carbonyl (C=O) groups is 1. The molecule has 0 aliphatic heterocycles. The summed E-state index contributed by atoms with van der Waals surface area (Å²) >= 11 is 0. The highest BCUT2D eigenvalue weighted by Crippen LogP contribution is 2.27. The first kappa shape index (κ1) is 19.2. The number of nitrogens with two attached hydrogens (primary N) is 1. The number of nitro groups is 1. The fourth-order valence-electron chi connectivity index (χ4n) is 2.22. The number of amides is 1. The van der Waals surface area contributed by atoms with E-state index in [1.54, 1.807) is 19.1 Å². The predicted molar refractivity (Wildman–Crippen MR) is 94.4 cm³/mol. The van der Waals surface area contributed by atoms with Crippen molar-refractivity contribution < 1.29 is 22.9 Å². The molecule has 0 aliphatic rings. The van der Waals surface area contributed by atoms with Crippen LogP contribution >= 0.6 is 0 Å². The van der Waals surface area contributed by atoms with Crippen molar-refractivity contribution in [3.8, 4) is 5.75 Å². The molecule has 1 amide bonds. The monoisotopic (exact) mass is 379 g/mol. The van der Waals surface area contributed by atoms with E-state index in [1.807, 2.05) is 0 Å². The summed E-state index contributed by atoms with van der Waals surface area (Å²) in [5.41, 5.74) is 4.98. The van der Waals surface area contributed by atoms with Gasteiger partial charge in [-0.05, 0) is 37.3 Å². The molecule has 0 bridgehead atoms. The van der Waals surface area contributed by atoms with Crippen LogP contribution in [0.25, 0.3) is 0 Å². The van der Waals surface area contributed by atoms with Gasteiger partial charge < -0.3 is 10.5 Å². The molecule has 0 radical (unpaired) electrons. The number of hydrogen-bond acceptors (Lipinski definition) is 6. The molecule has 0 aliphatic carbocycles. The van der Waals surface area contributed by atoms with Gasteiger partial charge in [0.25, 0.3) is 15.7 Å². The van der Waals surface area contributed by atoms with Crippen LogP contribution in [0.2, 0.25) is 0 Å². The second-order valence-electron chi connectivity index (χ2n) is 5.16. The van der Waals surface area contributed by atoms with Crippen molar-refractivity contribution in [2.24, 2.45) is 5.73 Å². The first-order chi connectivity index (χ1) is 12.3. The Morgan fingerprint density at radius 1 is 1.23 bits per heavy atom. The summed E-state index contributed by atoms with van der Waals surface area (Å²) in [5, 5.41) is 10.9. The number of non-ortho nitro benzene ring substituents is 1. The molecule has 2 N–H and O–H groups in total. The lowest BCUT2D eigenvalue weighted by atomic mass is 10.3. The highest BCUT2D eigenvalue weighted by atomic mass is 32.2. The lowest BCUT2D eigenvalue weighted by molar-refractivity contribution is -0.385. The van der Waals surface area contributed by atoms with Gasteiger partial charge in [0.05, 0.1) is 22.1 Å². The second kappa shape index (κ2) is 7.83. The zero-order valence-electron chi connectivity index (χ0n) is 13.9. The summed E-state index contributed by atoms with van der Waals surface area (Å²) in [7, 11) is -4.24. The number of benzene rings is 2. The summed E-state index contributed by atoms with van der Waals surface area (Å²) in [6.07, 6.45) is 0. The summed E-state index contributed by atoms with van der Waals surface area (Å²) in [6, 6.07) is 10.6. The van der Waals surface area contributed by atoms with E-state index in [0.717, 1.165) is 10.4 Å². The molecule has 0 saturated carbocycles. The molecule has 0 heterocycles. The molecule has 0 aromatic heterocycles. The normalized spacial score (nSPS) is 11.0. The molecule has 9 nitrogen and oxygen atoms in total. The lowest BCUT2D eigenvalue weighted by Crippen LogP contribution is -2.38. The number of sulfonamides is 1. The third-order valence-electron chi connectivity index (χ3n) is 3.35. The number of anilines is 1. The van der Waals surface area contributed by atoms with Gasteiger partial charge >= 0.3 is 0 Å². The van der Waals surface area contributed by atoms with Crippen molar-refractivity contribution >= 4 is 27.3 Å². The molecule has 10 heteroatoms. The van der Waals surface area contributed by atoms with Gasteiger partial charge in [-0.1, -0.05) is 6.07 Å². The Bertz CT molecular complexity index is 912. The van der Waals surface area contributed by atoms with Gasteiger partial charge in [-0.3, -0.25) is 19.2 Å².